The molecule has 0 radical (unpaired) electrons. The third-order valence-corrected chi connectivity index (χ3v) is 4.87. The summed E-state index contributed by atoms with van der Waals surface area (Å²) < 4.78 is 34.4. The van der Waals surface area contributed by atoms with Gasteiger partial charge in [-0.2, -0.15) is 0 Å². The fourth-order valence-corrected chi connectivity index (χ4v) is 3.41. The third-order valence-electron chi connectivity index (χ3n) is 3.47. The van der Waals surface area contributed by atoms with Crippen LogP contribution in [0.25, 0.3) is 0 Å². The van der Waals surface area contributed by atoms with Crippen molar-refractivity contribution in [3.63, 3.8) is 0 Å². The van der Waals surface area contributed by atoms with Gasteiger partial charge in [-0.1, -0.05) is 30.3 Å². The van der Waals surface area contributed by atoms with Crippen LogP contribution >= 0.6 is 0 Å². The smallest absolute Gasteiger partial charge is 0.239 e. The average molecular weight is 377 g/mol. The van der Waals surface area contributed by atoms with Crippen LogP contribution in [0, 0.1) is 0 Å². The minimum absolute atomic E-state index is 0.288. The maximum atomic E-state index is 12.1. The molecule has 138 valence electrons. The standard InChI is InChI=1S/C18H19NO6S/c1-24-16-9-8-14(10-17(16)25-2)19-18(21)12-26(22,23)11-15(20)13-6-4-3-5-7-13/h3-10H,11-12H2,1-2H3,(H,19,21). The Morgan fingerprint density at radius 3 is 2.19 bits per heavy atom. The van der Waals surface area contributed by atoms with Gasteiger partial charge in [0.2, 0.25) is 5.91 Å². The highest BCUT2D eigenvalue weighted by atomic mass is 32.2. The number of anilines is 1. The number of hydrogen-bond acceptors (Lipinski definition) is 6. The lowest BCUT2D eigenvalue weighted by Crippen LogP contribution is -2.27. The molecule has 0 saturated heterocycles. The van der Waals surface area contributed by atoms with Gasteiger partial charge in [-0.05, 0) is 12.1 Å². The molecule has 0 bridgehead atoms. The highest BCUT2D eigenvalue weighted by Gasteiger charge is 2.22. The van der Waals surface area contributed by atoms with Crippen LogP contribution in [0.3, 0.4) is 0 Å². The Labute approximate surface area is 151 Å². The molecule has 0 atom stereocenters. The van der Waals surface area contributed by atoms with Crippen LogP contribution in [-0.2, 0) is 14.6 Å². The minimum Gasteiger partial charge on any atom is -0.493 e. The number of carbonyl (C=O) groups is 2. The first-order valence-corrected chi connectivity index (χ1v) is 9.47. The Hall–Kier alpha value is -2.87. The minimum atomic E-state index is -3.89. The molecule has 8 heteroatoms. The predicted molar refractivity (Wildman–Crippen MR) is 97.6 cm³/mol. The number of amides is 1. The summed E-state index contributed by atoms with van der Waals surface area (Å²) in [5.74, 6) is -1.93. The van der Waals surface area contributed by atoms with E-state index in [1.165, 1.54) is 32.4 Å². The number of methoxy groups -OCH3 is 2. The van der Waals surface area contributed by atoms with Crippen molar-refractivity contribution >= 4 is 27.2 Å². The van der Waals surface area contributed by atoms with E-state index in [2.05, 4.69) is 5.32 Å². The van der Waals surface area contributed by atoms with Crippen molar-refractivity contribution in [2.45, 2.75) is 0 Å². The fourth-order valence-electron chi connectivity index (χ4n) is 2.27. The van der Waals surface area contributed by atoms with Crippen molar-refractivity contribution in [2.24, 2.45) is 0 Å². The van der Waals surface area contributed by atoms with Crippen molar-refractivity contribution in [3.8, 4) is 11.5 Å². The van der Waals surface area contributed by atoms with E-state index < -0.39 is 33.0 Å². The number of hydrogen-bond donors (Lipinski definition) is 1. The second-order valence-corrected chi connectivity index (χ2v) is 7.50. The largest absolute Gasteiger partial charge is 0.493 e. The van der Waals surface area contributed by atoms with Crippen LogP contribution in [-0.4, -0.2) is 45.8 Å². The lowest BCUT2D eigenvalue weighted by Gasteiger charge is -2.10. The number of ketones is 1. The Morgan fingerprint density at radius 2 is 1.58 bits per heavy atom. The molecule has 26 heavy (non-hydrogen) atoms. The normalized spacial score (nSPS) is 10.8. The van der Waals surface area contributed by atoms with Crippen molar-refractivity contribution in [1.82, 2.24) is 0 Å². The van der Waals surface area contributed by atoms with Gasteiger partial charge in [-0.25, -0.2) is 8.42 Å². The van der Waals surface area contributed by atoms with E-state index in [0.29, 0.717) is 17.2 Å². The number of carbonyl (C=O) groups excluding carboxylic acids is 2. The van der Waals surface area contributed by atoms with E-state index in [9.17, 15) is 18.0 Å². The molecule has 0 heterocycles. The number of ether oxygens (including phenoxy) is 2. The molecule has 0 fully saturated rings. The Kier molecular flexibility index (Phi) is 6.35. The van der Waals surface area contributed by atoms with Crippen LogP contribution in [0.15, 0.2) is 48.5 Å². The molecule has 2 rings (SSSR count). The number of nitrogens with one attached hydrogen (secondary N) is 1. The maximum Gasteiger partial charge on any atom is 0.239 e. The molecule has 0 aromatic heterocycles. The molecule has 1 N–H and O–H groups in total. The van der Waals surface area contributed by atoms with Crippen molar-refractivity contribution in [2.75, 3.05) is 31.0 Å². The quantitative estimate of drug-likeness (QED) is 0.706. The number of rotatable bonds is 8. The predicted octanol–water partition coefficient (Wildman–Crippen LogP) is 1.94. The first-order valence-electron chi connectivity index (χ1n) is 7.65. The lowest BCUT2D eigenvalue weighted by molar-refractivity contribution is -0.113. The van der Waals surface area contributed by atoms with Crippen LogP contribution < -0.4 is 14.8 Å². The highest BCUT2D eigenvalue weighted by molar-refractivity contribution is 7.92. The molecule has 1 amide bonds. The van der Waals surface area contributed by atoms with Gasteiger partial charge >= 0.3 is 0 Å². The van der Waals surface area contributed by atoms with E-state index >= 15 is 0 Å². The van der Waals surface area contributed by atoms with E-state index in [0.717, 1.165) is 0 Å². The van der Waals surface area contributed by atoms with Gasteiger partial charge in [-0.3, -0.25) is 9.59 Å². The SMILES string of the molecule is COc1ccc(NC(=O)CS(=O)(=O)CC(=O)c2ccccc2)cc1OC. The summed E-state index contributed by atoms with van der Waals surface area (Å²) >= 11 is 0. The van der Waals surface area contributed by atoms with E-state index in [1.54, 1.807) is 30.3 Å². The van der Waals surface area contributed by atoms with Gasteiger partial charge in [0.1, 0.15) is 11.5 Å². The highest BCUT2D eigenvalue weighted by Crippen LogP contribution is 2.29. The van der Waals surface area contributed by atoms with E-state index in [4.69, 9.17) is 9.47 Å². The molecule has 0 unspecified atom stereocenters. The van der Waals surface area contributed by atoms with Crippen molar-refractivity contribution < 1.29 is 27.5 Å². The second kappa shape index (κ2) is 8.48. The molecule has 0 spiro atoms. The van der Waals surface area contributed by atoms with Crippen LogP contribution in [0.5, 0.6) is 11.5 Å². The second-order valence-electron chi connectivity index (χ2n) is 5.44. The van der Waals surface area contributed by atoms with Gasteiger partial charge in [-0.15, -0.1) is 0 Å². The number of Topliss-reactive ketones (excluding diaryl/α,β-unsaturated/α-hetero) is 1. The zero-order valence-electron chi connectivity index (χ0n) is 14.4. The first kappa shape index (κ1) is 19.5. The Balaban J connectivity index is 2.01. The topological polar surface area (TPSA) is 98.8 Å². The average Bonchev–Trinajstić information content (AvgIpc) is 2.61. The maximum absolute atomic E-state index is 12.1. The van der Waals surface area contributed by atoms with Gasteiger partial charge in [0.25, 0.3) is 0 Å². The molecule has 7 nitrogen and oxygen atoms in total. The summed E-state index contributed by atoms with van der Waals surface area (Å²) in [5.41, 5.74) is 0.647. The summed E-state index contributed by atoms with van der Waals surface area (Å²) in [6, 6.07) is 12.7. The third kappa shape index (κ3) is 5.32. The number of sulfone groups is 1. The summed E-state index contributed by atoms with van der Waals surface area (Å²) in [4.78, 5) is 24.0. The molecule has 0 aliphatic rings. The fraction of sp³-hybridized carbons (Fsp3) is 0.222. The van der Waals surface area contributed by atoms with Crippen LogP contribution in [0.4, 0.5) is 5.69 Å². The summed E-state index contributed by atoms with van der Waals surface area (Å²) in [7, 11) is -0.968. The molecule has 0 saturated carbocycles. The van der Waals surface area contributed by atoms with Crippen LogP contribution in [0.2, 0.25) is 0 Å². The molecule has 2 aromatic carbocycles. The Bertz CT molecular complexity index is 893. The molecular weight excluding hydrogens is 358 g/mol. The monoisotopic (exact) mass is 377 g/mol. The zero-order valence-corrected chi connectivity index (χ0v) is 15.2. The van der Waals surface area contributed by atoms with Crippen molar-refractivity contribution in [1.29, 1.82) is 0 Å². The van der Waals surface area contributed by atoms with E-state index in [1.807, 2.05) is 0 Å². The van der Waals surface area contributed by atoms with Gasteiger partial charge in [0.05, 0.1) is 14.2 Å². The summed E-state index contributed by atoms with van der Waals surface area (Å²) in [6.07, 6.45) is 0. The first-order chi connectivity index (χ1) is 12.3. The number of benzene rings is 2. The summed E-state index contributed by atoms with van der Waals surface area (Å²) in [6.45, 7) is 0. The lowest BCUT2D eigenvalue weighted by atomic mass is 10.2. The van der Waals surface area contributed by atoms with Crippen molar-refractivity contribution in [3.05, 3.63) is 54.1 Å². The molecular formula is C18H19NO6S. The molecule has 0 aliphatic carbocycles. The van der Waals surface area contributed by atoms with Gasteiger partial charge < -0.3 is 14.8 Å². The molecule has 0 aliphatic heterocycles. The van der Waals surface area contributed by atoms with Gasteiger partial charge in [0, 0.05) is 17.3 Å². The summed E-state index contributed by atoms with van der Waals surface area (Å²) in [5, 5.41) is 2.47. The van der Waals surface area contributed by atoms with E-state index in [-0.39, 0.29) is 5.56 Å². The zero-order chi connectivity index (χ0) is 19.2. The molecule has 2 aromatic rings. The van der Waals surface area contributed by atoms with Crippen LogP contribution in [0.1, 0.15) is 10.4 Å². The van der Waals surface area contributed by atoms with Gasteiger partial charge in [0.15, 0.2) is 27.1 Å². The Morgan fingerprint density at radius 1 is 0.923 bits per heavy atom.